The van der Waals surface area contributed by atoms with E-state index in [-0.39, 0.29) is 23.4 Å². The summed E-state index contributed by atoms with van der Waals surface area (Å²) in [5.41, 5.74) is 3.62. The number of esters is 1. The Morgan fingerprint density at radius 3 is 2.44 bits per heavy atom. The molecule has 2 aromatic rings. The van der Waals surface area contributed by atoms with Gasteiger partial charge < -0.3 is 14.9 Å². The van der Waals surface area contributed by atoms with Gasteiger partial charge in [0.1, 0.15) is 17.3 Å². The maximum Gasteiger partial charge on any atom is 0.319 e. The second-order valence-electron chi connectivity index (χ2n) is 7.20. The molecule has 0 bridgehead atoms. The molecule has 0 amide bonds. The molecule has 2 atom stereocenters. The summed E-state index contributed by atoms with van der Waals surface area (Å²) < 4.78 is 5.49. The number of hydrogen-bond acceptors (Lipinski definition) is 4. The lowest BCUT2D eigenvalue weighted by molar-refractivity contribution is -0.136. The molecule has 2 aromatic carbocycles. The van der Waals surface area contributed by atoms with Crippen LogP contribution >= 0.6 is 0 Å². The van der Waals surface area contributed by atoms with Crippen LogP contribution in [0.4, 0.5) is 0 Å². The van der Waals surface area contributed by atoms with Gasteiger partial charge in [-0.3, -0.25) is 4.79 Å². The Morgan fingerprint density at radius 2 is 1.81 bits per heavy atom. The molecule has 0 unspecified atom stereocenters. The van der Waals surface area contributed by atoms with Crippen molar-refractivity contribution in [1.82, 2.24) is 0 Å². The molecule has 140 valence electrons. The van der Waals surface area contributed by atoms with Crippen molar-refractivity contribution in [2.45, 2.75) is 33.1 Å². The van der Waals surface area contributed by atoms with Crippen LogP contribution in [0.3, 0.4) is 0 Å². The van der Waals surface area contributed by atoms with Crippen molar-refractivity contribution in [2.75, 3.05) is 0 Å². The number of carbonyl (C=O) groups is 1. The first-order chi connectivity index (χ1) is 12.8. The number of aromatic hydroxyl groups is 2. The van der Waals surface area contributed by atoms with E-state index in [9.17, 15) is 15.0 Å². The highest BCUT2D eigenvalue weighted by atomic mass is 16.5. The number of benzene rings is 2. The lowest BCUT2D eigenvalue weighted by Gasteiger charge is -2.13. The average Bonchev–Trinajstić information content (AvgIpc) is 2.89. The minimum absolute atomic E-state index is 0.144. The molecular formula is C23H24O4. The summed E-state index contributed by atoms with van der Waals surface area (Å²) in [6.07, 6.45) is 4.52. The topological polar surface area (TPSA) is 66.8 Å². The van der Waals surface area contributed by atoms with Gasteiger partial charge in [-0.1, -0.05) is 42.8 Å². The Hall–Kier alpha value is -3.01. The van der Waals surface area contributed by atoms with Crippen LogP contribution in [0.15, 0.2) is 59.9 Å². The molecule has 27 heavy (non-hydrogen) atoms. The summed E-state index contributed by atoms with van der Waals surface area (Å²) in [6, 6.07) is 12.1. The number of phenolic OH excluding ortho intramolecular Hbond substituents is 2. The molecule has 0 aliphatic carbocycles. The van der Waals surface area contributed by atoms with Gasteiger partial charge in [-0.05, 0) is 61.2 Å². The molecule has 0 radical (unpaired) electrons. The van der Waals surface area contributed by atoms with E-state index in [1.165, 1.54) is 5.57 Å². The molecule has 2 N–H and O–H groups in total. The number of carbonyl (C=O) groups excluding carboxylic acids is 1. The van der Waals surface area contributed by atoms with E-state index in [2.05, 4.69) is 6.08 Å². The maximum absolute atomic E-state index is 12.5. The van der Waals surface area contributed by atoms with Crippen molar-refractivity contribution in [3.05, 3.63) is 76.6 Å². The Labute approximate surface area is 159 Å². The first-order valence-electron chi connectivity index (χ1n) is 9.02. The third-order valence-electron chi connectivity index (χ3n) is 4.82. The fourth-order valence-electron chi connectivity index (χ4n) is 3.22. The van der Waals surface area contributed by atoms with Crippen molar-refractivity contribution < 1.29 is 19.7 Å². The smallest absolute Gasteiger partial charge is 0.319 e. The predicted molar refractivity (Wildman–Crippen MR) is 105 cm³/mol. The Kier molecular flexibility index (Phi) is 5.36. The van der Waals surface area contributed by atoms with E-state index in [4.69, 9.17) is 4.74 Å². The van der Waals surface area contributed by atoms with Crippen LogP contribution in [-0.4, -0.2) is 16.2 Å². The van der Waals surface area contributed by atoms with Gasteiger partial charge in [0, 0.05) is 5.92 Å². The molecular weight excluding hydrogens is 340 g/mol. The monoisotopic (exact) mass is 364 g/mol. The molecule has 1 aliphatic rings. The van der Waals surface area contributed by atoms with E-state index < -0.39 is 5.92 Å². The second kappa shape index (κ2) is 7.70. The zero-order valence-electron chi connectivity index (χ0n) is 15.8. The fraction of sp³-hybridized carbons (Fsp3) is 0.261. The number of phenols is 2. The SMILES string of the molecule is CC(C)=CCc1ccc([C@@H]2C(=O)O/C(=C\c3ccc(O)cc3)[C@@H]2C)cc1O. The van der Waals surface area contributed by atoms with E-state index in [1.807, 2.05) is 39.0 Å². The molecule has 4 nitrogen and oxygen atoms in total. The third kappa shape index (κ3) is 4.22. The van der Waals surface area contributed by atoms with Crippen LogP contribution in [0.25, 0.3) is 6.08 Å². The Bertz CT molecular complexity index is 902. The lowest BCUT2D eigenvalue weighted by atomic mass is 9.87. The Morgan fingerprint density at radius 1 is 1.11 bits per heavy atom. The molecule has 1 aliphatic heterocycles. The third-order valence-corrected chi connectivity index (χ3v) is 4.82. The summed E-state index contributed by atoms with van der Waals surface area (Å²) in [5.74, 6) is 0.0648. The molecule has 0 aromatic heterocycles. The number of ether oxygens (including phenoxy) is 1. The van der Waals surface area contributed by atoms with Crippen molar-refractivity contribution in [2.24, 2.45) is 5.92 Å². The summed E-state index contributed by atoms with van der Waals surface area (Å²) in [7, 11) is 0. The van der Waals surface area contributed by atoms with Gasteiger partial charge in [0.05, 0.1) is 5.92 Å². The van der Waals surface area contributed by atoms with Gasteiger partial charge in [-0.25, -0.2) is 0 Å². The van der Waals surface area contributed by atoms with E-state index >= 15 is 0 Å². The van der Waals surface area contributed by atoms with Crippen LogP contribution in [-0.2, 0) is 16.0 Å². The maximum atomic E-state index is 12.5. The highest BCUT2D eigenvalue weighted by Gasteiger charge is 2.39. The molecule has 0 spiro atoms. The number of rotatable bonds is 4. The first kappa shape index (κ1) is 18.8. The average molecular weight is 364 g/mol. The van der Waals surface area contributed by atoms with Crippen molar-refractivity contribution in [1.29, 1.82) is 0 Å². The van der Waals surface area contributed by atoms with Gasteiger partial charge >= 0.3 is 5.97 Å². The van der Waals surface area contributed by atoms with Crippen LogP contribution in [0.5, 0.6) is 11.5 Å². The number of hydrogen-bond donors (Lipinski definition) is 2. The van der Waals surface area contributed by atoms with Gasteiger partial charge in [0.2, 0.25) is 0 Å². The van der Waals surface area contributed by atoms with Gasteiger partial charge in [0.15, 0.2) is 0 Å². The largest absolute Gasteiger partial charge is 0.508 e. The van der Waals surface area contributed by atoms with Crippen LogP contribution in [0.1, 0.15) is 43.4 Å². The molecule has 1 heterocycles. The van der Waals surface area contributed by atoms with Crippen molar-refractivity contribution >= 4 is 12.0 Å². The van der Waals surface area contributed by atoms with E-state index in [1.54, 1.807) is 30.3 Å². The molecule has 4 heteroatoms. The summed E-state index contributed by atoms with van der Waals surface area (Å²) in [6.45, 7) is 5.98. The van der Waals surface area contributed by atoms with Crippen LogP contribution in [0, 0.1) is 5.92 Å². The minimum Gasteiger partial charge on any atom is -0.508 e. The highest BCUT2D eigenvalue weighted by Crippen LogP contribution is 2.40. The normalized spacial score (nSPS) is 20.6. The zero-order valence-corrected chi connectivity index (χ0v) is 15.8. The van der Waals surface area contributed by atoms with Crippen molar-refractivity contribution in [3.63, 3.8) is 0 Å². The quantitative estimate of drug-likeness (QED) is 0.597. The highest BCUT2D eigenvalue weighted by molar-refractivity contribution is 5.84. The summed E-state index contributed by atoms with van der Waals surface area (Å²) in [4.78, 5) is 12.5. The van der Waals surface area contributed by atoms with E-state index in [0.29, 0.717) is 12.2 Å². The van der Waals surface area contributed by atoms with Crippen LogP contribution < -0.4 is 0 Å². The van der Waals surface area contributed by atoms with E-state index in [0.717, 1.165) is 16.7 Å². The zero-order chi connectivity index (χ0) is 19.6. The van der Waals surface area contributed by atoms with Gasteiger partial charge in [0.25, 0.3) is 0 Å². The number of cyclic esters (lactones) is 1. The van der Waals surface area contributed by atoms with Crippen molar-refractivity contribution in [3.8, 4) is 11.5 Å². The Balaban J connectivity index is 1.84. The fourth-order valence-corrected chi connectivity index (χ4v) is 3.22. The first-order valence-corrected chi connectivity index (χ1v) is 9.02. The summed E-state index contributed by atoms with van der Waals surface area (Å²) in [5, 5.41) is 19.7. The minimum atomic E-state index is -0.447. The predicted octanol–water partition coefficient (Wildman–Crippen LogP) is 4.92. The lowest BCUT2D eigenvalue weighted by Crippen LogP contribution is -2.11. The second-order valence-corrected chi connectivity index (χ2v) is 7.20. The molecule has 0 saturated carbocycles. The molecule has 3 rings (SSSR count). The molecule has 1 saturated heterocycles. The number of allylic oxidation sites excluding steroid dienone is 3. The summed E-state index contributed by atoms with van der Waals surface area (Å²) >= 11 is 0. The standard InChI is InChI=1S/C23H24O4/c1-14(2)4-7-17-8-9-18(13-20(17)25)22-15(3)21(27-23(22)26)12-16-5-10-19(24)11-6-16/h4-6,8-13,15,22,24-25H,7H2,1-3H3/b21-12-/t15-,22+/m0/s1. The van der Waals surface area contributed by atoms with Gasteiger partial charge in [-0.15, -0.1) is 0 Å². The van der Waals surface area contributed by atoms with Crippen LogP contribution in [0.2, 0.25) is 0 Å². The van der Waals surface area contributed by atoms with Gasteiger partial charge in [-0.2, -0.15) is 0 Å². The molecule has 1 fully saturated rings.